The Morgan fingerprint density at radius 1 is 1.04 bits per heavy atom. The summed E-state index contributed by atoms with van der Waals surface area (Å²) >= 11 is 0. The molecule has 0 aromatic carbocycles. The Kier molecular flexibility index (Phi) is 11.2. The highest BCUT2D eigenvalue weighted by Crippen LogP contribution is 2.17. The van der Waals surface area contributed by atoms with Gasteiger partial charge in [-0.3, -0.25) is 9.78 Å². The van der Waals surface area contributed by atoms with Crippen molar-refractivity contribution in [2.45, 2.75) is 91.0 Å². The number of aromatic nitrogens is 1. The lowest BCUT2D eigenvalue weighted by molar-refractivity contribution is -0.126. The molecule has 3 heteroatoms. The van der Waals surface area contributed by atoms with Gasteiger partial charge in [0.1, 0.15) is 0 Å². The summed E-state index contributed by atoms with van der Waals surface area (Å²) in [6.07, 6.45) is 14.2. The molecule has 0 fully saturated rings. The predicted octanol–water partition coefficient (Wildman–Crippen LogP) is 5.82. The molecule has 1 rings (SSSR count). The average Bonchev–Trinajstić information content (AvgIpc) is 2.61. The third-order valence-electron chi connectivity index (χ3n) is 4.76. The lowest BCUT2D eigenvalue weighted by Gasteiger charge is -2.19. The third kappa shape index (κ3) is 8.47. The van der Waals surface area contributed by atoms with Gasteiger partial charge in [0, 0.05) is 12.1 Å². The van der Waals surface area contributed by atoms with Crippen LogP contribution in [0.5, 0.6) is 0 Å². The van der Waals surface area contributed by atoms with E-state index in [4.69, 9.17) is 0 Å². The first-order valence-corrected chi connectivity index (χ1v) is 9.90. The molecule has 0 aliphatic rings. The second-order valence-electron chi connectivity index (χ2n) is 6.85. The lowest BCUT2D eigenvalue weighted by atomic mass is 9.96. The number of amides is 1. The molecule has 2 atom stereocenters. The molecule has 1 heterocycles. The lowest BCUT2D eigenvalue weighted by Crippen LogP contribution is -2.33. The molecule has 3 nitrogen and oxygen atoms in total. The van der Waals surface area contributed by atoms with E-state index in [1.807, 2.05) is 25.1 Å². The van der Waals surface area contributed by atoms with E-state index in [2.05, 4.69) is 24.1 Å². The number of nitrogens with one attached hydrogen (secondary N) is 1. The second-order valence-corrected chi connectivity index (χ2v) is 6.85. The summed E-state index contributed by atoms with van der Waals surface area (Å²) in [5.41, 5.74) is 0.924. The van der Waals surface area contributed by atoms with Gasteiger partial charge in [0.2, 0.25) is 5.91 Å². The van der Waals surface area contributed by atoms with Crippen molar-refractivity contribution in [3.63, 3.8) is 0 Å². The molecule has 0 aliphatic carbocycles. The molecule has 1 aromatic rings. The molecular formula is C21H36N2O. The molecule has 0 saturated carbocycles. The fraction of sp³-hybridized carbons (Fsp3) is 0.714. The minimum Gasteiger partial charge on any atom is -0.348 e. The fourth-order valence-corrected chi connectivity index (χ4v) is 3.08. The molecule has 2 unspecified atom stereocenters. The molecule has 24 heavy (non-hydrogen) atoms. The number of pyridine rings is 1. The highest BCUT2D eigenvalue weighted by atomic mass is 16.1. The molecule has 1 amide bonds. The van der Waals surface area contributed by atoms with Gasteiger partial charge in [-0.1, -0.05) is 71.3 Å². The molecular weight excluding hydrogens is 296 g/mol. The molecule has 1 N–H and O–H groups in total. The van der Waals surface area contributed by atoms with Crippen LogP contribution < -0.4 is 5.32 Å². The van der Waals surface area contributed by atoms with Crippen LogP contribution >= 0.6 is 0 Å². The van der Waals surface area contributed by atoms with Crippen molar-refractivity contribution in [2.24, 2.45) is 5.92 Å². The zero-order valence-electron chi connectivity index (χ0n) is 15.9. The molecule has 0 saturated heterocycles. The summed E-state index contributed by atoms with van der Waals surface area (Å²) in [4.78, 5) is 16.8. The smallest absolute Gasteiger partial charge is 0.223 e. The first-order chi connectivity index (χ1) is 11.7. The van der Waals surface area contributed by atoms with E-state index in [0.29, 0.717) is 0 Å². The second kappa shape index (κ2) is 13.0. The van der Waals surface area contributed by atoms with Gasteiger partial charge in [-0.2, -0.15) is 0 Å². The van der Waals surface area contributed by atoms with E-state index in [1.165, 1.54) is 44.9 Å². The standard InChI is InChI=1S/C21H36N2O/c1-4-6-7-8-9-10-11-12-15-19(5-2)21(24)23-18(3)20-16-13-14-17-22-20/h13-14,16-19H,4-12,15H2,1-3H3,(H,23,24). The normalized spacial score (nSPS) is 13.5. The largest absolute Gasteiger partial charge is 0.348 e. The molecule has 0 bridgehead atoms. The molecule has 1 aromatic heterocycles. The minimum atomic E-state index is -0.0219. The summed E-state index contributed by atoms with van der Waals surface area (Å²) in [6.45, 7) is 6.37. The Bertz CT molecular complexity index is 433. The predicted molar refractivity (Wildman–Crippen MR) is 102 cm³/mol. The van der Waals surface area contributed by atoms with Gasteiger partial charge in [0.15, 0.2) is 0 Å². The fourth-order valence-electron chi connectivity index (χ4n) is 3.08. The van der Waals surface area contributed by atoms with Crippen LogP contribution in [0.15, 0.2) is 24.4 Å². The van der Waals surface area contributed by atoms with Gasteiger partial charge in [0.05, 0.1) is 11.7 Å². The quantitative estimate of drug-likeness (QED) is 0.463. The van der Waals surface area contributed by atoms with Crippen LogP contribution in [-0.4, -0.2) is 10.9 Å². The Morgan fingerprint density at radius 3 is 2.29 bits per heavy atom. The Morgan fingerprint density at radius 2 is 1.71 bits per heavy atom. The van der Waals surface area contributed by atoms with Crippen molar-refractivity contribution in [1.82, 2.24) is 10.3 Å². The molecule has 136 valence electrons. The maximum absolute atomic E-state index is 12.5. The van der Waals surface area contributed by atoms with Gasteiger partial charge in [-0.25, -0.2) is 0 Å². The van der Waals surface area contributed by atoms with E-state index in [1.54, 1.807) is 6.20 Å². The van der Waals surface area contributed by atoms with Crippen molar-refractivity contribution < 1.29 is 4.79 Å². The topological polar surface area (TPSA) is 42.0 Å². The maximum atomic E-state index is 12.5. The van der Waals surface area contributed by atoms with Crippen LogP contribution in [0.4, 0.5) is 0 Å². The summed E-state index contributed by atoms with van der Waals surface area (Å²) in [5, 5.41) is 3.12. The van der Waals surface area contributed by atoms with E-state index in [-0.39, 0.29) is 17.9 Å². The van der Waals surface area contributed by atoms with Gasteiger partial charge in [0.25, 0.3) is 0 Å². The zero-order valence-corrected chi connectivity index (χ0v) is 15.9. The van der Waals surface area contributed by atoms with Crippen molar-refractivity contribution >= 4 is 5.91 Å². The highest BCUT2D eigenvalue weighted by molar-refractivity contribution is 5.78. The number of hydrogen-bond acceptors (Lipinski definition) is 2. The summed E-state index contributed by atoms with van der Waals surface area (Å²) in [5.74, 6) is 0.315. The van der Waals surface area contributed by atoms with Crippen molar-refractivity contribution in [3.8, 4) is 0 Å². The van der Waals surface area contributed by atoms with Crippen molar-refractivity contribution in [1.29, 1.82) is 0 Å². The van der Waals surface area contributed by atoms with E-state index in [0.717, 1.165) is 25.0 Å². The van der Waals surface area contributed by atoms with Crippen LogP contribution in [0, 0.1) is 5.92 Å². The van der Waals surface area contributed by atoms with Crippen LogP contribution in [0.25, 0.3) is 0 Å². The van der Waals surface area contributed by atoms with E-state index < -0.39 is 0 Å². The number of hydrogen-bond donors (Lipinski definition) is 1. The Hall–Kier alpha value is -1.38. The van der Waals surface area contributed by atoms with Gasteiger partial charge >= 0.3 is 0 Å². The Labute approximate surface area is 148 Å². The SMILES string of the molecule is CCCCCCCCCCC(CC)C(=O)NC(C)c1ccccn1. The van der Waals surface area contributed by atoms with Gasteiger partial charge in [-0.05, 0) is 31.9 Å². The number of nitrogens with zero attached hydrogens (tertiary/aromatic N) is 1. The van der Waals surface area contributed by atoms with E-state index >= 15 is 0 Å². The number of carbonyl (C=O) groups excluding carboxylic acids is 1. The highest BCUT2D eigenvalue weighted by Gasteiger charge is 2.18. The van der Waals surface area contributed by atoms with Gasteiger partial charge < -0.3 is 5.32 Å². The maximum Gasteiger partial charge on any atom is 0.223 e. The van der Waals surface area contributed by atoms with Crippen LogP contribution in [0.2, 0.25) is 0 Å². The van der Waals surface area contributed by atoms with Crippen LogP contribution in [0.3, 0.4) is 0 Å². The minimum absolute atomic E-state index is 0.0219. The number of unbranched alkanes of at least 4 members (excludes halogenated alkanes) is 7. The first-order valence-electron chi connectivity index (χ1n) is 9.90. The van der Waals surface area contributed by atoms with E-state index in [9.17, 15) is 4.79 Å². The summed E-state index contributed by atoms with van der Waals surface area (Å²) < 4.78 is 0. The first kappa shape index (κ1) is 20.7. The zero-order chi connectivity index (χ0) is 17.6. The van der Waals surface area contributed by atoms with Crippen molar-refractivity contribution in [3.05, 3.63) is 30.1 Å². The molecule has 0 spiro atoms. The summed E-state index contributed by atoms with van der Waals surface area (Å²) in [7, 11) is 0. The van der Waals surface area contributed by atoms with Crippen LogP contribution in [0.1, 0.15) is 96.7 Å². The van der Waals surface area contributed by atoms with Gasteiger partial charge in [-0.15, -0.1) is 0 Å². The average molecular weight is 333 g/mol. The monoisotopic (exact) mass is 332 g/mol. The van der Waals surface area contributed by atoms with Crippen molar-refractivity contribution in [2.75, 3.05) is 0 Å². The molecule has 0 radical (unpaired) electrons. The third-order valence-corrected chi connectivity index (χ3v) is 4.76. The van der Waals surface area contributed by atoms with Crippen LogP contribution in [-0.2, 0) is 4.79 Å². The summed E-state index contributed by atoms with van der Waals surface area (Å²) in [6, 6.07) is 5.80. The number of carbonyl (C=O) groups is 1. The Balaban J connectivity index is 2.21. The molecule has 0 aliphatic heterocycles. The number of rotatable bonds is 13.